The third-order valence-corrected chi connectivity index (χ3v) is 4.52. The summed E-state index contributed by atoms with van der Waals surface area (Å²) in [6, 6.07) is 9.72. The summed E-state index contributed by atoms with van der Waals surface area (Å²) in [6.45, 7) is 4.37. The minimum absolute atomic E-state index is 0.413. The van der Waals surface area contributed by atoms with Gasteiger partial charge in [0.1, 0.15) is 16.1 Å². The molecule has 0 bridgehead atoms. The summed E-state index contributed by atoms with van der Waals surface area (Å²) in [6.07, 6.45) is 0. The van der Waals surface area contributed by atoms with Gasteiger partial charge in [0.25, 0.3) is 0 Å². The number of nitrogens with zero attached hydrogens (tertiary/aromatic N) is 2. The largest absolute Gasteiger partial charge is 0.220 e. The van der Waals surface area contributed by atoms with Gasteiger partial charge in [-0.3, -0.25) is 0 Å². The summed E-state index contributed by atoms with van der Waals surface area (Å²) in [5.74, 6) is 3.13. The molecule has 0 amide bonds. The fraction of sp³-hybridized carbons (Fsp3) is 0.333. The number of thioether (sulfide) groups is 1. The van der Waals surface area contributed by atoms with Gasteiger partial charge in [-0.1, -0.05) is 67.4 Å². The van der Waals surface area contributed by atoms with E-state index in [1.165, 1.54) is 0 Å². The molecule has 0 atom stereocenters. The Balaban J connectivity index is 2.21. The molecule has 0 fully saturated rings. The third-order valence-electron chi connectivity index (χ3n) is 2.61. The summed E-state index contributed by atoms with van der Waals surface area (Å²) in [7, 11) is 0. The summed E-state index contributed by atoms with van der Waals surface area (Å²) in [5, 5.41) is 0.827. The average Bonchev–Trinajstić information content (AvgIpc) is 2.38. The second kappa shape index (κ2) is 7.30. The fourth-order valence-corrected chi connectivity index (χ4v) is 3.28. The van der Waals surface area contributed by atoms with Crippen molar-refractivity contribution in [2.24, 2.45) is 5.92 Å². The monoisotopic (exact) mass is 326 g/mol. The Kier molecular flexibility index (Phi) is 5.70. The first kappa shape index (κ1) is 15.6. The van der Waals surface area contributed by atoms with Gasteiger partial charge >= 0.3 is 0 Å². The molecule has 0 N–H and O–H groups in total. The van der Waals surface area contributed by atoms with Crippen molar-refractivity contribution in [3.05, 3.63) is 46.5 Å². The van der Waals surface area contributed by atoms with Crippen molar-refractivity contribution in [3.63, 3.8) is 0 Å². The average molecular weight is 327 g/mol. The van der Waals surface area contributed by atoms with Gasteiger partial charge in [-0.15, -0.1) is 0 Å². The first-order chi connectivity index (χ1) is 9.58. The molecule has 2 aromatic rings. The molecule has 0 aliphatic rings. The van der Waals surface area contributed by atoms with Gasteiger partial charge in [0, 0.05) is 0 Å². The van der Waals surface area contributed by atoms with Gasteiger partial charge < -0.3 is 0 Å². The van der Waals surface area contributed by atoms with Crippen LogP contribution in [0, 0.1) is 5.92 Å². The van der Waals surface area contributed by atoms with E-state index >= 15 is 0 Å². The maximum atomic E-state index is 6.27. The number of hydrogen-bond acceptors (Lipinski definition) is 3. The number of rotatable bonds is 5. The summed E-state index contributed by atoms with van der Waals surface area (Å²) in [5.41, 5.74) is 1.63. The van der Waals surface area contributed by atoms with Crippen LogP contribution in [-0.4, -0.2) is 15.7 Å². The number of aromatic nitrogens is 2. The summed E-state index contributed by atoms with van der Waals surface area (Å²) in [4.78, 5) is 8.71. The highest BCUT2D eigenvalue weighted by Crippen LogP contribution is 2.32. The van der Waals surface area contributed by atoms with Crippen molar-refractivity contribution in [2.45, 2.75) is 19.6 Å². The highest BCUT2D eigenvalue weighted by Gasteiger charge is 2.13. The first-order valence-electron chi connectivity index (χ1n) is 6.43. The highest BCUT2D eigenvalue weighted by atomic mass is 35.5. The molecule has 2 nitrogen and oxygen atoms in total. The van der Waals surface area contributed by atoms with Gasteiger partial charge in [-0.05, 0) is 17.2 Å². The zero-order valence-electron chi connectivity index (χ0n) is 11.4. The van der Waals surface area contributed by atoms with Gasteiger partial charge in [-0.2, -0.15) is 11.8 Å². The molecule has 1 heterocycles. The highest BCUT2D eigenvalue weighted by molar-refractivity contribution is 7.98. The lowest BCUT2D eigenvalue weighted by Gasteiger charge is -2.09. The maximum Gasteiger partial charge on any atom is 0.142 e. The molecule has 0 spiro atoms. The van der Waals surface area contributed by atoms with Gasteiger partial charge in [-0.25, -0.2) is 9.97 Å². The standard InChI is InChI=1S/C15H16Cl2N2S/c1-10(2)8-20-9-12-18-14(16)13(15(17)19-12)11-6-4-3-5-7-11/h3-7,10H,8-9H2,1-2H3. The van der Waals surface area contributed by atoms with E-state index in [4.69, 9.17) is 23.2 Å². The SMILES string of the molecule is CC(C)CSCc1nc(Cl)c(-c2ccccc2)c(Cl)n1. The van der Waals surface area contributed by atoms with Crippen LogP contribution in [0.25, 0.3) is 11.1 Å². The molecule has 1 aromatic carbocycles. The van der Waals surface area contributed by atoms with Crippen LogP contribution < -0.4 is 0 Å². The van der Waals surface area contributed by atoms with Crippen LogP contribution in [-0.2, 0) is 5.75 Å². The van der Waals surface area contributed by atoms with Crippen LogP contribution in [0.5, 0.6) is 0 Å². The number of benzene rings is 1. The Labute approximate surface area is 133 Å². The predicted molar refractivity (Wildman–Crippen MR) is 88.5 cm³/mol. The Hall–Kier alpha value is -0.770. The Bertz CT molecular complexity index is 550. The lowest BCUT2D eigenvalue weighted by Crippen LogP contribution is -1.99. The lowest BCUT2D eigenvalue weighted by atomic mass is 10.1. The molecule has 5 heteroatoms. The van der Waals surface area contributed by atoms with Crippen molar-refractivity contribution >= 4 is 35.0 Å². The zero-order chi connectivity index (χ0) is 14.5. The molecule has 0 radical (unpaired) electrons. The third kappa shape index (κ3) is 4.11. The van der Waals surface area contributed by atoms with Crippen LogP contribution in [0.1, 0.15) is 19.7 Å². The van der Waals surface area contributed by atoms with Crippen molar-refractivity contribution < 1.29 is 0 Å². The van der Waals surface area contributed by atoms with Crippen molar-refractivity contribution in [3.8, 4) is 11.1 Å². The molecule has 0 aliphatic carbocycles. The second-order valence-electron chi connectivity index (χ2n) is 4.87. The van der Waals surface area contributed by atoms with Crippen molar-refractivity contribution in [2.75, 3.05) is 5.75 Å². The van der Waals surface area contributed by atoms with Crippen LogP contribution in [0.2, 0.25) is 10.3 Å². The quantitative estimate of drug-likeness (QED) is 0.693. The molecule has 20 heavy (non-hydrogen) atoms. The molecule has 0 saturated heterocycles. The van der Waals surface area contributed by atoms with E-state index < -0.39 is 0 Å². The summed E-state index contributed by atoms with van der Waals surface area (Å²) >= 11 is 14.3. The Morgan fingerprint density at radius 2 is 1.65 bits per heavy atom. The first-order valence-corrected chi connectivity index (χ1v) is 8.34. The Morgan fingerprint density at radius 3 is 2.20 bits per heavy atom. The molecule has 0 aliphatic heterocycles. The topological polar surface area (TPSA) is 25.8 Å². The molecule has 0 saturated carbocycles. The van der Waals surface area contributed by atoms with E-state index in [1.54, 1.807) is 11.8 Å². The zero-order valence-corrected chi connectivity index (χ0v) is 13.8. The minimum Gasteiger partial charge on any atom is -0.220 e. The molecular weight excluding hydrogens is 311 g/mol. The lowest BCUT2D eigenvalue weighted by molar-refractivity contribution is 0.750. The van der Waals surface area contributed by atoms with Gasteiger partial charge in [0.2, 0.25) is 0 Å². The van der Waals surface area contributed by atoms with E-state index in [0.29, 0.717) is 27.6 Å². The van der Waals surface area contributed by atoms with E-state index in [2.05, 4.69) is 23.8 Å². The molecule has 0 unspecified atom stereocenters. The number of hydrogen-bond donors (Lipinski definition) is 0. The summed E-state index contributed by atoms with van der Waals surface area (Å²) < 4.78 is 0. The van der Waals surface area contributed by atoms with E-state index in [-0.39, 0.29) is 0 Å². The number of halogens is 2. The van der Waals surface area contributed by atoms with Crippen LogP contribution in [0.3, 0.4) is 0 Å². The van der Waals surface area contributed by atoms with Crippen molar-refractivity contribution in [1.29, 1.82) is 0 Å². The van der Waals surface area contributed by atoms with Crippen LogP contribution in [0.4, 0.5) is 0 Å². The minimum atomic E-state index is 0.413. The predicted octanol–water partition coefficient (Wildman–Crippen LogP) is 5.34. The molecule has 106 valence electrons. The van der Waals surface area contributed by atoms with Crippen LogP contribution in [0.15, 0.2) is 30.3 Å². The van der Waals surface area contributed by atoms with E-state index in [0.717, 1.165) is 17.1 Å². The second-order valence-corrected chi connectivity index (χ2v) is 6.62. The Morgan fingerprint density at radius 1 is 1.05 bits per heavy atom. The van der Waals surface area contributed by atoms with Crippen molar-refractivity contribution in [1.82, 2.24) is 9.97 Å². The maximum absolute atomic E-state index is 6.27. The molecule has 2 rings (SSSR count). The fourth-order valence-electron chi connectivity index (χ4n) is 1.74. The van der Waals surface area contributed by atoms with Gasteiger partial charge in [0.15, 0.2) is 0 Å². The normalized spacial score (nSPS) is 11.1. The van der Waals surface area contributed by atoms with Crippen LogP contribution >= 0.6 is 35.0 Å². The van der Waals surface area contributed by atoms with E-state index in [9.17, 15) is 0 Å². The van der Waals surface area contributed by atoms with E-state index in [1.807, 2.05) is 30.3 Å². The molecule has 1 aromatic heterocycles. The molecular formula is C15H16Cl2N2S. The van der Waals surface area contributed by atoms with Gasteiger partial charge in [0.05, 0.1) is 11.3 Å². The smallest absolute Gasteiger partial charge is 0.142 e.